The minimum atomic E-state index is -0.0216. The van der Waals surface area contributed by atoms with Crippen molar-refractivity contribution in [3.63, 3.8) is 0 Å². The molecule has 3 saturated heterocycles. The number of nitrogens with zero attached hydrogens (tertiary/aromatic N) is 3. The van der Waals surface area contributed by atoms with E-state index in [1.807, 2.05) is 17.0 Å². The zero-order chi connectivity index (χ0) is 20.1. The number of hydrogen-bond donors (Lipinski definition) is 0. The molecule has 29 heavy (non-hydrogen) atoms. The number of carbonyl (C=O) groups is 1. The van der Waals surface area contributed by atoms with Crippen molar-refractivity contribution in [3.8, 4) is 5.75 Å². The number of rotatable bonds is 6. The molecule has 1 aromatic carbocycles. The third kappa shape index (κ3) is 5.48. The molecule has 0 aliphatic carbocycles. The number of methoxy groups -OCH3 is 1. The third-order valence-corrected chi connectivity index (χ3v) is 6.31. The molecule has 1 aromatic rings. The lowest BCUT2D eigenvalue weighted by Gasteiger charge is -2.37. The van der Waals surface area contributed by atoms with E-state index in [1.54, 1.807) is 7.11 Å². The molecule has 7 nitrogen and oxygen atoms in total. The van der Waals surface area contributed by atoms with E-state index in [9.17, 15) is 4.79 Å². The molecule has 160 valence electrons. The van der Waals surface area contributed by atoms with Crippen LogP contribution in [0.1, 0.15) is 18.4 Å². The molecule has 0 N–H and O–H groups in total. The zero-order valence-corrected chi connectivity index (χ0v) is 17.4. The van der Waals surface area contributed by atoms with E-state index in [2.05, 4.69) is 21.9 Å². The molecular formula is C22H33N3O4. The van der Waals surface area contributed by atoms with Crippen molar-refractivity contribution in [1.82, 2.24) is 14.7 Å². The topological polar surface area (TPSA) is 54.5 Å². The molecule has 1 amide bonds. The lowest BCUT2D eigenvalue weighted by molar-refractivity contribution is -0.135. The molecule has 0 spiro atoms. The van der Waals surface area contributed by atoms with Crippen LogP contribution in [-0.2, 0) is 20.8 Å². The summed E-state index contributed by atoms with van der Waals surface area (Å²) in [5, 5.41) is 0. The third-order valence-electron chi connectivity index (χ3n) is 6.31. The summed E-state index contributed by atoms with van der Waals surface area (Å²) in [6, 6.07) is 8.23. The molecule has 4 rings (SSSR count). The van der Waals surface area contributed by atoms with Gasteiger partial charge in [0.05, 0.1) is 26.9 Å². The fraction of sp³-hybridized carbons (Fsp3) is 0.682. The van der Waals surface area contributed by atoms with Crippen LogP contribution in [0.15, 0.2) is 24.3 Å². The second-order valence-corrected chi connectivity index (χ2v) is 8.23. The normalized spacial score (nSPS) is 22.9. The quantitative estimate of drug-likeness (QED) is 0.716. The Labute approximate surface area is 173 Å². The van der Waals surface area contributed by atoms with Crippen molar-refractivity contribution >= 4 is 5.91 Å². The van der Waals surface area contributed by atoms with Gasteiger partial charge in [0.1, 0.15) is 5.75 Å². The van der Waals surface area contributed by atoms with E-state index < -0.39 is 0 Å². The van der Waals surface area contributed by atoms with Gasteiger partial charge in [-0.3, -0.25) is 14.6 Å². The minimum Gasteiger partial charge on any atom is -0.497 e. The van der Waals surface area contributed by atoms with Crippen LogP contribution in [0.5, 0.6) is 5.75 Å². The van der Waals surface area contributed by atoms with Gasteiger partial charge in [-0.15, -0.1) is 0 Å². The van der Waals surface area contributed by atoms with Crippen LogP contribution in [0.3, 0.4) is 0 Å². The molecule has 3 aliphatic rings. The number of ether oxygens (including phenoxy) is 3. The summed E-state index contributed by atoms with van der Waals surface area (Å²) in [7, 11) is 1.69. The van der Waals surface area contributed by atoms with Crippen LogP contribution >= 0.6 is 0 Å². The summed E-state index contributed by atoms with van der Waals surface area (Å²) in [5.41, 5.74) is 1.28. The van der Waals surface area contributed by atoms with E-state index in [0.29, 0.717) is 25.7 Å². The first kappa shape index (κ1) is 20.6. The Kier molecular flexibility index (Phi) is 7.02. The Morgan fingerprint density at radius 2 is 1.62 bits per heavy atom. The highest BCUT2D eigenvalue weighted by atomic mass is 16.7. The lowest BCUT2D eigenvalue weighted by Crippen LogP contribution is -2.51. The highest BCUT2D eigenvalue weighted by molar-refractivity contribution is 5.78. The van der Waals surface area contributed by atoms with E-state index >= 15 is 0 Å². The van der Waals surface area contributed by atoms with Gasteiger partial charge in [-0.1, -0.05) is 12.1 Å². The Hall–Kier alpha value is -1.67. The van der Waals surface area contributed by atoms with Crippen molar-refractivity contribution in [2.45, 2.75) is 25.7 Å². The molecule has 0 unspecified atom stereocenters. The fourth-order valence-corrected chi connectivity index (χ4v) is 4.47. The van der Waals surface area contributed by atoms with Gasteiger partial charge < -0.3 is 19.1 Å². The van der Waals surface area contributed by atoms with Gasteiger partial charge >= 0.3 is 0 Å². The van der Waals surface area contributed by atoms with Crippen LogP contribution < -0.4 is 4.74 Å². The monoisotopic (exact) mass is 403 g/mol. The molecule has 0 bridgehead atoms. The average Bonchev–Trinajstić information content (AvgIpc) is 3.30. The molecule has 0 radical (unpaired) electrons. The molecular weight excluding hydrogens is 370 g/mol. The standard InChI is InChI=1S/C22H33N3O4/c1-27-20-4-2-18(3-5-20)16-24-10-12-25(13-11-24)21(26)17-23-8-6-19(7-9-23)22-28-14-15-29-22/h2-5,19,22H,6-17H2,1H3. The summed E-state index contributed by atoms with van der Waals surface area (Å²) in [4.78, 5) is 19.5. The highest BCUT2D eigenvalue weighted by Gasteiger charge is 2.31. The van der Waals surface area contributed by atoms with Crippen LogP contribution in [0.25, 0.3) is 0 Å². The van der Waals surface area contributed by atoms with Gasteiger partial charge in [0.15, 0.2) is 6.29 Å². The molecule has 0 saturated carbocycles. The SMILES string of the molecule is COc1ccc(CN2CCN(C(=O)CN3CCC(C4OCCO4)CC3)CC2)cc1. The Balaban J connectivity index is 1.16. The highest BCUT2D eigenvalue weighted by Crippen LogP contribution is 2.25. The smallest absolute Gasteiger partial charge is 0.236 e. The number of piperazine rings is 1. The fourth-order valence-electron chi connectivity index (χ4n) is 4.47. The van der Waals surface area contributed by atoms with Crippen molar-refractivity contribution in [2.24, 2.45) is 5.92 Å². The van der Waals surface area contributed by atoms with Crippen LogP contribution in [0, 0.1) is 5.92 Å². The maximum Gasteiger partial charge on any atom is 0.236 e. The van der Waals surface area contributed by atoms with Gasteiger partial charge in [-0.25, -0.2) is 0 Å². The first-order chi connectivity index (χ1) is 14.2. The first-order valence-electron chi connectivity index (χ1n) is 10.8. The summed E-state index contributed by atoms with van der Waals surface area (Å²) >= 11 is 0. The second-order valence-electron chi connectivity index (χ2n) is 8.23. The van der Waals surface area contributed by atoms with E-state index in [1.165, 1.54) is 5.56 Å². The zero-order valence-electron chi connectivity index (χ0n) is 17.4. The average molecular weight is 404 g/mol. The van der Waals surface area contributed by atoms with Gasteiger partial charge in [-0.2, -0.15) is 0 Å². The largest absolute Gasteiger partial charge is 0.497 e. The van der Waals surface area contributed by atoms with Gasteiger partial charge in [0.2, 0.25) is 5.91 Å². The molecule has 0 atom stereocenters. The molecule has 7 heteroatoms. The number of likely N-dealkylation sites (tertiary alicyclic amines) is 1. The minimum absolute atomic E-state index is 0.0216. The predicted molar refractivity (Wildman–Crippen MR) is 110 cm³/mol. The molecule has 3 heterocycles. The maximum absolute atomic E-state index is 12.7. The number of carbonyl (C=O) groups excluding carboxylic acids is 1. The number of piperidine rings is 1. The van der Waals surface area contributed by atoms with E-state index in [0.717, 1.165) is 64.4 Å². The molecule has 3 aliphatic heterocycles. The first-order valence-corrected chi connectivity index (χ1v) is 10.8. The summed E-state index contributed by atoms with van der Waals surface area (Å²) in [5.74, 6) is 1.63. The van der Waals surface area contributed by atoms with Gasteiger partial charge in [0.25, 0.3) is 0 Å². The van der Waals surface area contributed by atoms with Crippen molar-refractivity contribution in [1.29, 1.82) is 0 Å². The predicted octanol–water partition coefficient (Wildman–Crippen LogP) is 1.42. The Morgan fingerprint density at radius 3 is 2.24 bits per heavy atom. The van der Waals surface area contributed by atoms with Crippen LogP contribution in [-0.4, -0.2) is 93.0 Å². The summed E-state index contributed by atoms with van der Waals surface area (Å²) in [6.45, 7) is 8.29. The Bertz CT molecular complexity index is 647. The molecule has 3 fully saturated rings. The van der Waals surface area contributed by atoms with Gasteiger partial charge in [0, 0.05) is 38.6 Å². The van der Waals surface area contributed by atoms with Crippen molar-refractivity contribution in [2.75, 3.05) is 66.1 Å². The van der Waals surface area contributed by atoms with Crippen LogP contribution in [0.4, 0.5) is 0 Å². The number of amides is 1. The maximum atomic E-state index is 12.7. The lowest BCUT2D eigenvalue weighted by atomic mass is 9.96. The van der Waals surface area contributed by atoms with E-state index in [-0.39, 0.29) is 12.2 Å². The van der Waals surface area contributed by atoms with Crippen molar-refractivity contribution < 1.29 is 19.0 Å². The van der Waals surface area contributed by atoms with E-state index in [4.69, 9.17) is 14.2 Å². The molecule has 0 aromatic heterocycles. The summed E-state index contributed by atoms with van der Waals surface area (Å²) < 4.78 is 16.5. The Morgan fingerprint density at radius 1 is 0.966 bits per heavy atom. The second kappa shape index (κ2) is 9.89. The summed E-state index contributed by atoms with van der Waals surface area (Å²) in [6.07, 6.45) is 2.08. The van der Waals surface area contributed by atoms with Crippen LogP contribution in [0.2, 0.25) is 0 Å². The number of hydrogen-bond acceptors (Lipinski definition) is 6. The van der Waals surface area contributed by atoms with Gasteiger partial charge in [-0.05, 0) is 43.6 Å². The number of benzene rings is 1. The van der Waals surface area contributed by atoms with Crippen molar-refractivity contribution in [3.05, 3.63) is 29.8 Å².